The van der Waals surface area contributed by atoms with Crippen LogP contribution in [0.15, 0.2) is 23.3 Å². The number of fused-ring (bicyclic) bond motifs is 7. The molecule has 7 N–H and O–H groups in total. The number of hydrogen-bond acceptors (Lipinski definition) is 13. The molecule has 14 heteroatoms. The van der Waals surface area contributed by atoms with E-state index in [0.717, 1.165) is 12.0 Å². The molecule has 6 rings (SSSR count). The Labute approximate surface area is 335 Å². The Morgan fingerprint density at radius 2 is 1.53 bits per heavy atom. The lowest BCUT2D eigenvalue weighted by molar-refractivity contribution is -0.328. The largest absolute Gasteiger partial charge is 0.479 e. The summed E-state index contributed by atoms with van der Waals surface area (Å²) in [7, 11) is 0. The average molecular weight is 807 g/mol. The van der Waals surface area contributed by atoms with Crippen LogP contribution in [0.1, 0.15) is 107 Å². The van der Waals surface area contributed by atoms with Crippen molar-refractivity contribution in [3.8, 4) is 0 Å². The zero-order chi connectivity index (χ0) is 42.4. The van der Waals surface area contributed by atoms with Crippen LogP contribution in [0.25, 0.3) is 0 Å². The Hall–Kier alpha value is -2.43. The van der Waals surface area contributed by atoms with E-state index in [2.05, 4.69) is 26.8 Å². The molecule has 5 aliphatic carbocycles. The number of carbonyl (C=O) groups excluding carboxylic acids is 2. The van der Waals surface area contributed by atoms with Crippen LogP contribution in [0.5, 0.6) is 0 Å². The van der Waals surface area contributed by atoms with Crippen LogP contribution < -0.4 is 0 Å². The van der Waals surface area contributed by atoms with Crippen molar-refractivity contribution in [3.05, 3.63) is 23.3 Å². The van der Waals surface area contributed by atoms with Gasteiger partial charge < -0.3 is 54.7 Å². The predicted molar refractivity (Wildman–Crippen MR) is 204 cm³/mol. The number of hydrogen-bond donors (Lipinski definition) is 7. The molecule has 1 unspecified atom stereocenters. The Morgan fingerprint density at radius 1 is 0.860 bits per heavy atom. The van der Waals surface area contributed by atoms with E-state index in [-0.39, 0.29) is 29.3 Å². The van der Waals surface area contributed by atoms with Crippen molar-refractivity contribution in [1.82, 2.24) is 0 Å². The van der Waals surface area contributed by atoms with Crippen molar-refractivity contribution in [2.75, 3.05) is 13.2 Å². The van der Waals surface area contributed by atoms with Gasteiger partial charge in [-0.25, -0.2) is 9.59 Å². The fourth-order valence-corrected chi connectivity index (χ4v) is 13.3. The highest BCUT2D eigenvalue weighted by atomic mass is 16.7. The normalized spacial score (nSPS) is 49.2. The second kappa shape index (κ2) is 14.9. The molecule has 322 valence electrons. The molecule has 5 fully saturated rings. The molecule has 17 atom stereocenters. The number of rotatable bonds is 8. The Bertz CT molecular complexity index is 1660. The van der Waals surface area contributed by atoms with Crippen molar-refractivity contribution in [2.24, 2.45) is 50.2 Å². The zero-order valence-corrected chi connectivity index (χ0v) is 34.9. The van der Waals surface area contributed by atoms with Crippen LogP contribution in [0.2, 0.25) is 0 Å². The maximum Gasteiger partial charge on any atom is 0.335 e. The highest BCUT2D eigenvalue weighted by Crippen LogP contribution is 2.76. The van der Waals surface area contributed by atoms with Gasteiger partial charge in [0.1, 0.15) is 36.6 Å². The summed E-state index contributed by atoms with van der Waals surface area (Å²) in [6.45, 7) is 16.6. The van der Waals surface area contributed by atoms with E-state index >= 15 is 0 Å². The van der Waals surface area contributed by atoms with Crippen molar-refractivity contribution >= 4 is 17.9 Å². The number of esters is 2. The van der Waals surface area contributed by atoms with Gasteiger partial charge in [-0.05, 0) is 92.8 Å². The summed E-state index contributed by atoms with van der Waals surface area (Å²) in [6.07, 6.45) is -4.74. The Balaban J connectivity index is 1.37. The van der Waals surface area contributed by atoms with Gasteiger partial charge in [0, 0.05) is 23.3 Å². The first kappa shape index (κ1) is 44.1. The molecule has 0 aromatic carbocycles. The fourth-order valence-electron chi connectivity index (χ4n) is 13.3. The molecular weight excluding hydrogens is 740 g/mol. The molecule has 1 aliphatic heterocycles. The maximum atomic E-state index is 13.1. The summed E-state index contributed by atoms with van der Waals surface area (Å²) >= 11 is 0. The SMILES string of the molecule is C/C=C(\C)C(=O)O[C@H]1[C@H](O)[C@]2(CO)[C@@H](OC(C)=O)C[C@]3(C)C(=CC[C@@H]4[C@@]5(C)CC[C@H](O[C@@H]6O[C@H](C(=O)O)[C@@H](O)[C@H](O)[C@H]6O)[C@@](C)(CO)C5CC[C@]43C)[C@@H]2CC1(C)C. The highest BCUT2D eigenvalue weighted by Gasteiger charge is 2.74. The number of aliphatic carboxylic acids is 1. The van der Waals surface area contributed by atoms with Crippen LogP contribution in [0.3, 0.4) is 0 Å². The number of allylic oxidation sites excluding steroid dienone is 3. The van der Waals surface area contributed by atoms with E-state index in [4.69, 9.17) is 18.9 Å². The number of carbonyl (C=O) groups is 3. The first-order valence-corrected chi connectivity index (χ1v) is 20.6. The summed E-state index contributed by atoms with van der Waals surface area (Å²) in [4.78, 5) is 37.9. The van der Waals surface area contributed by atoms with E-state index in [1.54, 1.807) is 19.9 Å². The minimum absolute atomic E-state index is 0.0767. The lowest BCUT2D eigenvalue weighted by atomic mass is 9.33. The topological polar surface area (TPSA) is 230 Å². The van der Waals surface area contributed by atoms with Gasteiger partial charge in [-0.3, -0.25) is 4.79 Å². The smallest absolute Gasteiger partial charge is 0.335 e. The number of ether oxygens (including phenoxy) is 4. The van der Waals surface area contributed by atoms with E-state index < -0.39 is 107 Å². The molecule has 4 saturated carbocycles. The third-order valence-electron chi connectivity index (χ3n) is 16.8. The van der Waals surface area contributed by atoms with E-state index in [1.165, 1.54) is 6.92 Å². The minimum Gasteiger partial charge on any atom is -0.479 e. The second-order valence-electron chi connectivity index (χ2n) is 19.9. The lowest BCUT2D eigenvalue weighted by Crippen LogP contribution is -2.72. The van der Waals surface area contributed by atoms with Crippen molar-refractivity contribution in [2.45, 2.75) is 162 Å². The fraction of sp³-hybridized carbons (Fsp3) is 0.837. The first-order valence-electron chi connectivity index (χ1n) is 20.6. The number of aliphatic hydroxyl groups is 6. The molecular formula is C43H66O14. The quantitative estimate of drug-likeness (QED) is 0.0810. The second-order valence-corrected chi connectivity index (χ2v) is 19.9. The van der Waals surface area contributed by atoms with Crippen LogP contribution in [0, 0.1) is 50.2 Å². The molecule has 0 aromatic heterocycles. The van der Waals surface area contributed by atoms with Gasteiger partial charge in [-0.1, -0.05) is 59.3 Å². The van der Waals surface area contributed by atoms with Gasteiger partial charge in [-0.2, -0.15) is 0 Å². The molecule has 6 aliphatic rings. The molecule has 0 bridgehead atoms. The molecule has 0 aromatic rings. The van der Waals surface area contributed by atoms with Gasteiger partial charge in [0.25, 0.3) is 0 Å². The lowest BCUT2D eigenvalue weighted by Gasteiger charge is -2.72. The number of aliphatic hydroxyl groups excluding tert-OH is 6. The van der Waals surface area contributed by atoms with Gasteiger partial charge in [-0.15, -0.1) is 0 Å². The molecule has 14 nitrogen and oxygen atoms in total. The zero-order valence-electron chi connectivity index (χ0n) is 34.9. The summed E-state index contributed by atoms with van der Waals surface area (Å²) in [5.74, 6) is -3.01. The monoisotopic (exact) mass is 806 g/mol. The summed E-state index contributed by atoms with van der Waals surface area (Å²) in [6, 6.07) is 0. The maximum absolute atomic E-state index is 13.1. The standard InChI is InChI=1S/C43H66O14/c1-10-21(2)36(53)57-34-33(50)43(20-45)24(17-38(34,4)5)23-11-12-26-39(6)15-14-27(55-37-31(49)29(47)30(48)32(56-37)35(51)52)40(7,19-44)25(39)13-16-41(26,8)42(23,9)18-28(43)54-22(3)46/h10-11,24-34,37,44-45,47-50H,12-20H2,1-9H3,(H,51,52)/b21-10+/t24-,25?,26+,27-,28-,29-,30-,31+,32-,33-,34-,37+,39-,40-,41+,42+,43-/m0/s1. The molecule has 57 heavy (non-hydrogen) atoms. The number of carboxylic acid groups (broad SMARTS) is 1. The summed E-state index contributed by atoms with van der Waals surface area (Å²) in [5.41, 5.74) is -2.69. The van der Waals surface area contributed by atoms with Gasteiger partial charge in [0.15, 0.2) is 12.4 Å². The first-order chi connectivity index (χ1) is 26.4. The van der Waals surface area contributed by atoms with Crippen LogP contribution in [-0.2, 0) is 33.3 Å². The molecule has 0 amide bonds. The molecule has 0 spiro atoms. The van der Waals surface area contributed by atoms with Crippen molar-refractivity contribution < 1.29 is 69.1 Å². The summed E-state index contributed by atoms with van der Waals surface area (Å²) in [5, 5.41) is 76.2. The average Bonchev–Trinajstić information content (AvgIpc) is 3.13. The third-order valence-corrected chi connectivity index (χ3v) is 16.8. The van der Waals surface area contributed by atoms with Crippen LogP contribution in [0.4, 0.5) is 0 Å². The highest BCUT2D eigenvalue weighted by molar-refractivity contribution is 5.87. The van der Waals surface area contributed by atoms with E-state index in [0.29, 0.717) is 44.1 Å². The Morgan fingerprint density at radius 3 is 2.11 bits per heavy atom. The molecule has 0 radical (unpaired) electrons. The third kappa shape index (κ3) is 6.37. The van der Waals surface area contributed by atoms with Crippen LogP contribution >= 0.6 is 0 Å². The van der Waals surface area contributed by atoms with E-state index in [9.17, 15) is 50.1 Å². The van der Waals surface area contributed by atoms with Crippen LogP contribution in [-0.4, -0.2) is 122 Å². The van der Waals surface area contributed by atoms with E-state index in [1.807, 2.05) is 20.8 Å². The Kier molecular flexibility index (Phi) is 11.6. The van der Waals surface area contributed by atoms with Crippen molar-refractivity contribution in [1.29, 1.82) is 0 Å². The van der Waals surface area contributed by atoms with Gasteiger partial charge >= 0.3 is 17.9 Å². The molecule has 1 saturated heterocycles. The minimum atomic E-state index is -1.85. The van der Waals surface area contributed by atoms with Crippen molar-refractivity contribution in [3.63, 3.8) is 0 Å². The molecule has 1 heterocycles. The summed E-state index contributed by atoms with van der Waals surface area (Å²) < 4.78 is 24.0. The predicted octanol–water partition coefficient (Wildman–Crippen LogP) is 3.03. The van der Waals surface area contributed by atoms with Gasteiger partial charge in [0.2, 0.25) is 0 Å². The van der Waals surface area contributed by atoms with Gasteiger partial charge in [0.05, 0.1) is 24.7 Å². The number of carboxylic acids is 1.